The molecule has 4 heteroatoms. The molecule has 1 saturated heterocycles. The summed E-state index contributed by atoms with van der Waals surface area (Å²) in [6, 6.07) is 6.47. The number of pyridine rings is 1. The molecular weight excluding hydrogens is 250 g/mol. The van der Waals surface area contributed by atoms with Crippen molar-refractivity contribution in [2.75, 3.05) is 13.1 Å². The second kappa shape index (κ2) is 7.16. The van der Waals surface area contributed by atoms with E-state index in [0.29, 0.717) is 12.6 Å². The minimum atomic E-state index is 0.264. The molecule has 0 amide bonds. The molecule has 1 aromatic rings. The van der Waals surface area contributed by atoms with Crippen molar-refractivity contribution in [2.45, 2.75) is 58.4 Å². The maximum Gasteiger partial charge on any atom is 0.0747 e. The standard InChI is InChI=1S/C16H27N3O/c1-4-19(11-14-7-5-6-12(2)18-14)15(10-17)16-9-8-13(3)20-16/h5-7,13,15-16H,4,8-11,17H2,1-3H3. The van der Waals surface area contributed by atoms with Gasteiger partial charge in [-0.05, 0) is 45.4 Å². The van der Waals surface area contributed by atoms with Crippen molar-refractivity contribution in [3.05, 3.63) is 29.6 Å². The SMILES string of the molecule is CCN(Cc1cccc(C)n1)C(CN)C1CCC(C)O1. The van der Waals surface area contributed by atoms with Gasteiger partial charge in [0.2, 0.25) is 0 Å². The largest absolute Gasteiger partial charge is 0.374 e. The van der Waals surface area contributed by atoms with Crippen molar-refractivity contribution in [3.8, 4) is 0 Å². The molecule has 0 aliphatic carbocycles. The predicted octanol–water partition coefficient (Wildman–Crippen LogP) is 2.11. The summed E-state index contributed by atoms with van der Waals surface area (Å²) >= 11 is 0. The van der Waals surface area contributed by atoms with E-state index in [1.54, 1.807) is 0 Å². The average molecular weight is 277 g/mol. The third kappa shape index (κ3) is 3.78. The Balaban J connectivity index is 2.05. The Morgan fingerprint density at radius 3 is 2.80 bits per heavy atom. The third-order valence-corrected chi connectivity index (χ3v) is 4.12. The van der Waals surface area contributed by atoms with Gasteiger partial charge in [0.15, 0.2) is 0 Å². The lowest BCUT2D eigenvalue weighted by Gasteiger charge is -2.33. The van der Waals surface area contributed by atoms with Crippen molar-refractivity contribution < 1.29 is 4.74 Å². The minimum Gasteiger partial charge on any atom is -0.374 e. The van der Waals surface area contributed by atoms with Crippen LogP contribution in [-0.4, -0.2) is 41.2 Å². The molecule has 0 spiro atoms. The Labute approximate surface area is 122 Å². The van der Waals surface area contributed by atoms with Crippen LogP contribution in [0.2, 0.25) is 0 Å². The summed E-state index contributed by atoms with van der Waals surface area (Å²) in [6.07, 6.45) is 2.88. The zero-order chi connectivity index (χ0) is 14.5. The Morgan fingerprint density at radius 1 is 1.45 bits per heavy atom. The minimum absolute atomic E-state index is 0.264. The highest BCUT2D eigenvalue weighted by Crippen LogP contribution is 2.24. The van der Waals surface area contributed by atoms with Crippen molar-refractivity contribution in [1.82, 2.24) is 9.88 Å². The molecule has 1 aromatic heterocycles. The van der Waals surface area contributed by atoms with Gasteiger partial charge >= 0.3 is 0 Å². The Kier molecular flexibility index (Phi) is 5.52. The van der Waals surface area contributed by atoms with Crippen molar-refractivity contribution in [2.24, 2.45) is 5.73 Å². The smallest absolute Gasteiger partial charge is 0.0747 e. The summed E-state index contributed by atoms with van der Waals surface area (Å²) in [4.78, 5) is 6.99. The van der Waals surface area contributed by atoms with Crippen molar-refractivity contribution in [1.29, 1.82) is 0 Å². The van der Waals surface area contributed by atoms with Crippen molar-refractivity contribution >= 4 is 0 Å². The first-order chi connectivity index (χ1) is 9.63. The van der Waals surface area contributed by atoms with E-state index >= 15 is 0 Å². The number of aromatic nitrogens is 1. The van der Waals surface area contributed by atoms with Gasteiger partial charge in [-0.3, -0.25) is 9.88 Å². The molecule has 2 heterocycles. The molecule has 1 aliphatic rings. The predicted molar refractivity (Wildman–Crippen MR) is 81.5 cm³/mol. The Morgan fingerprint density at radius 2 is 2.25 bits per heavy atom. The van der Waals surface area contributed by atoms with Gasteiger partial charge in [-0.2, -0.15) is 0 Å². The van der Waals surface area contributed by atoms with Crippen LogP contribution < -0.4 is 5.73 Å². The molecule has 2 rings (SSSR count). The second-order valence-corrected chi connectivity index (χ2v) is 5.70. The van der Waals surface area contributed by atoms with Crippen LogP contribution in [0.25, 0.3) is 0 Å². The van der Waals surface area contributed by atoms with Gasteiger partial charge in [-0.1, -0.05) is 13.0 Å². The highest BCUT2D eigenvalue weighted by atomic mass is 16.5. The molecule has 2 N–H and O–H groups in total. The van der Waals surface area contributed by atoms with Crippen LogP contribution in [0.15, 0.2) is 18.2 Å². The van der Waals surface area contributed by atoms with Crippen LogP contribution in [0.1, 0.15) is 38.1 Å². The van der Waals surface area contributed by atoms with Crippen LogP contribution in [0.4, 0.5) is 0 Å². The van der Waals surface area contributed by atoms with Gasteiger partial charge in [0.25, 0.3) is 0 Å². The monoisotopic (exact) mass is 277 g/mol. The fourth-order valence-corrected chi connectivity index (χ4v) is 3.01. The number of aryl methyl sites for hydroxylation is 1. The highest BCUT2D eigenvalue weighted by Gasteiger charge is 2.32. The lowest BCUT2D eigenvalue weighted by Crippen LogP contribution is -2.48. The van der Waals surface area contributed by atoms with Crippen LogP contribution in [0.3, 0.4) is 0 Å². The summed E-state index contributed by atoms with van der Waals surface area (Å²) in [5.74, 6) is 0. The molecule has 4 nitrogen and oxygen atoms in total. The summed E-state index contributed by atoms with van der Waals surface area (Å²) in [5, 5.41) is 0. The first-order valence-corrected chi connectivity index (χ1v) is 7.66. The van der Waals surface area contributed by atoms with Gasteiger partial charge in [-0.25, -0.2) is 0 Å². The number of likely N-dealkylation sites (N-methyl/N-ethyl adjacent to an activating group) is 1. The third-order valence-electron chi connectivity index (χ3n) is 4.12. The fourth-order valence-electron chi connectivity index (χ4n) is 3.01. The van der Waals surface area contributed by atoms with Crippen LogP contribution in [-0.2, 0) is 11.3 Å². The summed E-state index contributed by atoms with van der Waals surface area (Å²) in [7, 11) is 0. The zero-order valence-corrected chi connectivity index (χ0v) is 12.9. The van der Waals surface area contributed by atoms with E-state index in [2.05, 4.69) is 35.9 Å². The normalized spacial score (nSPS) is 24.2. The van der Waals surface area contributed by atoms with Crippen LogP contribution in [0.5, 0.6) is 0 Å². The first-order valence-electron chi connectivity index (χ1n) is 7.66. The fraction of sp³-hybridized carbons (Fsp3) is 0.688. The van der Waals surface area contributed by atoms with Gasteiger partial charge in [0.05, 0.1) is 17.9 Å². The lowest BCUT2D eigenvalue weighted by atomic mass is 10.1. The topological polar surface area (TPSA) is 51.4 Å². The summed E-state index contributed by atoms with van der Waals surface area (Å²) in [5.41, 5.74) is 8.19. The molecule has 0 radical (unpaired) electrons. The molecule has 1 fully saturated rings. The molecule has 3 atom stereocenters. The second-order valence-electron chi connectivity index (χ2n) is 5.70. The van der Waals surface area contributed by atoms with E-state index in [9.17, 15) is 0 Å². The maximum atomic E-state index is 6.02. The average Bonchev–Trinajstić information content (AvgIpc) is 2.85. The van der Waals surface area contributed by atoms with Crippen LogP contribution in [0, 0.1) is 6.92 Å². The first kappa shape index (κ1) is 15.4. The maximum absolute atomic E-state index is 6.02. The molecule has 3 unspecified atom stereocenters. The van der Waals surface area contributed by atoms with Gasteiger partial charge in [0, 0.05) is 24.8 Å². The van der Waals surface area contributed by atoms with E-state index in [-0.39, 0.29) is 12.1 Å². The Bertz CT molecular complexity index is 424. The number of hydrogen-bond donors (Lipinski definition) is 1. The molecular formula is C16H27N3O. The molecule has 1 aliphatic heterocycles. The number of nitrogens with zero attached hydrogens (tertiary/aromatic N) is 2. The number of rotatable bonds is 6. The van der Waals surface area contributed by atoms with Crippen LogP contribution >= 0.6 is 0 Å². The lowest BCUT2D eigenvalue weighted by molar-refractivity contribution is -0.00570. The Hall–Kier alpha value is -0.970. The number of ether oxygens (including phenoxy) is 1. The van der Waals surface area contributed by atoms with E-state index in [0.717, 1.165) is 37.3 Å². The van der Waals surface area contributed by atoms with E-state index in [1.807, 2.05) is 13.0 Å². The molecule has 0 bridgehead atoms. The molecule has 112 valence electrons. The molecule has 0 saturated carbocycles. The summed E-state index contributed by atoms with van der Waals surface area (Å²) in [6.45, 7) is 8.79. The highest BCUT2D eigenvalue weighted by molar-refractivity contribution is 5.10. The van der Waals surface area contributed by atoms with E-state index in [4.69, 9.17) is 10.5 Å². The van der Waals surface area contributed by atoms with Gasteiger partial charge in [-0.15, -0.1) is 0 Å². The van der Waals surface area contributed by atoms with E-state index in [1.165, 1.54) is 0 Å². The molecule has 20 heavy (non-hydrogen) atoms. The van der Waals surface area contributed by atoms with Crippen molar-refractivity contribution in [3.63, 3.8) is 0 Å². The molecule has 0 aromatic carbocycles. The zero-order valence-electron chi connectivity index (χ0n) is 12.9. The van der Waals surface area contributed by atoms with Gasteiger partial charge in [0.1, 0.15) is 0 Å². The number of hydrogen-bond acceptors (Lipinski definition) is 4. The van der Waals surface area contributed by atoms with Gasteiger partial charge < -0.3 is 10.5 Å². The summed E-state index contributed by atoms with van der Waals surface area (Å²) < 4.78 is 6.02. The quantitative estimate of drug-likeness (QED) is 0.865. The number of nitrogens with two attached hydrogens (primary N) is 1. The van der Waals surface area contributed by atoms with E-state index < -0.39 is 0 Å².